The van der Waals surface area contributed by atoms with E-state index in [-0.39, 0.29) is 5.69 Å². The van der Waals surface area contributed by atoms with Crippen LogP contribution in [0.2, 0.25) is 5.02 Å². The molecule has 0 aliphatic heterocycles. The van der Waals surface area contributed by atoms with Crippen LogP contribution in [0, 0.1) is 0 Å². The van der Waals surface area contributed by atoms with Crippen LogP contribution in [0.15, 0.2) is 53.0 Å². The van der Waals surface area contributed by atoms with E-state index in [1.165, 1.54) is 11.7 Å². The van der Waals surface area contributed by atoms with Gasteiger partial charge in [-0.1, -0.05) is 39.7 Å². The highest BCUT2D eigenvalue weighted by molar-refractivity contribution is 9.10. The molecule has 1 heterocycles. The second-order valence-corrected chi connectivity index (χ2v) is 6.85. The predicted molar refractivity (Wildman–Crippen MR) is 107 cm³/mol. The van der Waals surface area contributed by atoms with E-state index in [0.717, 1.165) is 4.47 Å². The average Bonchev–Trinajstić information content (AvgIpc) is 3.00. The van der Waals surface area contributed by atoms with Gasteiger partial charge in [0.05, 0.1) is 16.2 Å². The first kappa shape index (κ1) is 18.9. The fourth-order valence-corrected chi connectivity index (χ4v) is 3.05. The van der Waals surface area contributed by atoms with Gasteiger partial charge in [-0.25, -0.2) is 4.68 Å². The van der Waals surface area contributed by atoms with Gasteiger partial charge < -0.3 is 10.6 Å². The van der Waals surface area contributed by atoms with Crippen molar-refractivity contribution >= 4 is 61.8 Å². The molecule has 0 atom stereocenters. The number of benzene rings is 2. The van der Waals surface area contributed by atoms with E-state index < -0.39 is 17.7 Å². The van der Waals surface area contributed by atoms with Gasteiger partial charge in [0.15, 0.2) is 0 Å². The Morgan fingerprint density at radius 2 is 1.78 bits per heavy atom. The molecule has 0 bridgehead atoms. The van der Waals surface area contributed by atoms with Gasteiger partial charge in [0.1, 0.15) is 5.69 Å². The second-order valence-electron chi connectivity index (χ2n) is 5.52. The smallest absolute Gasteiger partial charge is 0.328 e. The zero-order valence-electron chi connectivity index (χ0n) is 14.0. The minimum atomic E-state index is -0.898. The maximum atomic E-state index is 12.8. The number of likely N-dealkylation sites (N-methyl/N-ethyl adjacent to an activating group) is 1. The molecule has 2 aromatic carbocycles. The molecule has 0 unspecified atom stereocenters. The maximum absolute atomic E-state index is 12.8. The highest BCUT2D eigenvalue weighted by Crippen LogP contribution is 2.25. The van der Waals surface area contributed by atoms with E-state index in [1.54, 1.807) is 48.5 Å². The third kappa shape index (κ3) is 3.96. The molecule has 0 saturated carbocycles. The molecule has 0 saturated heterocycles. The Hall–Kier alpha value is -2.84. The number of para-hydroxylation sites is 1. The van der Waals surface area contributed by atoms with Crippen LogP contribution in [0.5, 0.6) is 0 Å². The van der Waals surface area contributed by atoms with Crippen molar-refractivity contribution in [2.45, 2.75) is 0 Å². The van der Waals surface area contributed by atoms with Crippen LogP contribution in [-0.2, 0) is 9.59 Å². The van der Waals surface area contributed by atoms with E-state index in [2.05, 4.69) is 32.0 Å². The quantitative estimate of drug-likeness (QED) is 0.537. The van der Waals surface area contributed by atoms with Crippen molar-refractivity contribution in [3.8, 4) is 0 Å². The molecule has 0 aliphatic rings. The van der Waals surface area contributed by atoms with Crippen molar-refractivity contribution in [1.29, 1.82) is 0 Å². The summed E-state index contributed by atoms with van der Waals surface area (Å²) in [6, 6.07) is 13.7. The van der Waals surface area contributed by atoms with Gasteiger partial charge in [0, 0.05) is 16.9 Å². The molecule has 3 rings (SSSR count). The molecule has 7 nitrogen and oxygen atoms in total. The highest BCUT2D eigenvalue weighted by Gasteiger charge is 2.20. The lowest BCUT2D eigenvalue weighted by atomic mass is 10.2. The van der Waals surface area contributed by atoms with Crippen LogP contribution < -0.4 is 16.1 Å². The first-order valence-corrected chi connectivity index (χ1v) is 8.97. The van der Waals surface area contributed by atoms with Crippen LogP contribution >= 0.6 is 27.5 Å². The van der Waals surface area contributed by atoms with Crippen LogP contribution in [0.1, 0.15) is 10.5 Å². The molecule has 3 N–H and O–H groups in total. The SMILES string of the molecule is CNC(=O)C(=O)Nn1c(C(=O)Nc2ccccc2Cl)cc2cc(Br)ccc21. The number of halogens is 2. The van der Waals surface area contributed by atoms with Crippen molar-refractivity contribution in [1.82, 2.24) is 9.99 Å². The third-order valence-electron chi connectivity index (χ3n) is 3.76. The van der Waals surface area contributed by atoms with Gasteiger partial charge in [0.25, 0.3) is 5.91 Å². The monoisotopic (exact) mass is 448 g/mol. The lowest BCUT2D eigenvalue weighted by molar-refractivity contribution is -0.136. The predicted octanol–water partition coefficient (Wildman–Crippen LogP) is 3.13. The standard InChI is InChI=1S/C18H14BrClN4O3/c1-21-17(26)18(27)23-24-14-7-6-11(19)8-10(14)9-15(24)16(25)22-13-5-3-2-4-12(13)20/h2-9H,1H3,(H,21,26)(H,22,25)(H,23,27). The van der Waals surface area contributed by atoms with Crippen LogP contribution in [-0.4, -0.2) is 29.4 Å². The number of carbonyl (C=O) groups excluding carboxylic acids is 3. The molecule has 3 amide bonds. The molecule has 1 aromatic heterocycles. The first-order valence-electron chi connectivity index (χ1n) is 7.80. The summed E-state index contributed by atoms with van der Waals surface area (Å²) < 4.78 is 2.08. The van der Waals surface area contributed by atoms with Gasteiger partial charge in [-0.3, -0.25) is 19.8 Å². The summed E-state index contributed by atoms with van der Waals surface area (Å²) >= 11 is 9.46. The first-order chi connectivity index (χ1) is 12.9. The molecule has 9 heteroatoms. The number of aromatic nitrogens is 1. The summed E-state index contributed by atoms with van der Waals surface area (Å²) in [7, 11) is 1.35. The fraction of sp³-hybridized carbons (Fsp3) is 0.0556. The van der Waals surface area contributed by atoms with Gasteiger partial charge >= 0.3 is 11.8 Å². The lowest BCUT2D eigenvalue weighted by Crippen LogP contribution is -2.38. The fourth-order valence-electron chi connectivity index (χ4n) is 2.49. The van der Waals surface area contributed by atoms with E-state index in [1.807, 2.05) is 0 Å². The minimum absolute atomic E-state index is 0.139. The maximum Gasteiger partial charge on any atom is 0.328 e. The molecule has 0 spiro atoms. The molecule has 138 valence electrons. The number of fused-ring (bicyclic) bond motifs is 1. The Morgan fingerprint density at radius 3 is 2.48 bits per heavy atom. The number of nitrogens with one attached hydrogen (secondary N) is 3. The Bertz CT molecular complexity index is 1060. The summed E-state index contributed by atoms with van der Waals surface area (Å²) in [5, 5.41) is 6.02. The lowest BCUT2D eigenvalue weighted by Gasteiger charge is -2.12. The average molecular weight is 450 g/mol. The number of amides is 3. The largest absolute Gasteiger partial charge is 0.351 e. The molecular weight excluding hydrogens is 436 g/mol. The van der Waals surface area contributed by atoms with Crippen molar-refractivity contribution in [2.75, 3.05) is 17.8 Å². The van der Waals surface area contributed by atoms with Gasteiger partial charge in [0.2, 0.25) is 0 Å². The number of hydrogen-bond acceptors (Lipinski definition) is 3. The van der Waals surface area contributed by atoms with Crippen LogP contribution in [0.25, 0.3) is 10.9 Å². The van der Waals surface area contributed by atoms with Crippen LogP contribution in [0.3, 0.4) is 0 Å². The van der Waals surface area contributed by atoms with E-state index in [9.17, 15) is 14.4 Å². The number of carbonyl (C=O) groups is 3. The van der Waals surface area contributed by atoms with Gasteiger partial charge in [-0.2, -0.15) is 0 Å². The molecule has 0 aliphatic carbocycles. The van der Waals surface area contributed by atoms with Crippen molar-refractivity contribution in [3.63, 3.8) is 0 Å². The Labute approximate surface area is 167 Å². The molecule has 3 aromatic rings. The summed E-state index contributed by atoms with van der Waals surface area (Å²) in [4.78, 5) is 36.4. The van der Waals surface area contributed by atoms with Crippen molar-refractivity contribution in [3.05, 3.63) is 63.7 Å². The zero-order valence-corrected chi connectivity index (χ0v) is 16.4. The van der Waals surface area contributed by atoms with E-state index in [4.69, 9.17) is 11.6 Å². The molecule has 0 radical (unpaired) electrons. The van der Waals surface area contributed by atoms with E-state index in [0.29, 0.717) is 21.6 Å². The van der Waals surface area contributed by atoms with Crippen molar-refractivity contribution < 1.29 is 14.4 Å². The molecule has 0 fully saturated rings. The number of anilines is 1. The number of nitrogens with zero attached hydrogens (tertiary/aromatic N) is 1. The second kappa shape index (κ2) is 7.81. The van der Waals surface area contributed by atoms with E-state index >= 15 is 0 Å². The zero-order chi connectivity index (χ0) is 19.6. The number of rotatable bonds is 3. The highest BCUT2D eigenvalue weighted by atomic mass is 79.9. The van der Waals surface area contributed by atoms with Crippen LogP contribution in [0.4, 0.5) is 5.69 Å². The Kier molecular flexibility index (Phi) is 5.48. The summed E-state index contributed by atoms with van der Waals surface area (Å²) in [5.74, 6) is -2.22. The summed E-state index contributed by atoms with van der Waals surface area (Å²) in [6.07, 6.45) is 0. The Morgan fingerprint density at radius 1 is 1.04 bits per heavy atom. The number of hydrogen-bond donors (Lipinski definition) is 3. The topological polar surface area (TPSA) is 92.2 Å². The third-order valence-corrected chi connectivity index (χ3v) is 4.59. The summed E-state index contributed by atoms with van der Waals surface area (Å²) in [5.41, 5.74) is 3.57. The normalized spacial score (nSPS) is 10.5. The van der Waals surface area contributed by atoms with Gasteiger partial charge in [-0.05, 0) is 36.4 Å². The molecular formula is C18H14BrClN4O3. The minimum Gasteiger partial charge on any atom is -0.351 e. The van der Waals surface area contributed by atoms with Gasteiger partial charge in [-0.15, -0.1) is 0 Å². The van der Waals surface area contributed by atoms with Crippen molar-refractivity contribution in [2.24, 2.45) is 0 Å². The Balaban J connectivity index is 2.04. The molecule has 27 heavy (non-hydrogen) atoms. The summed E-state index contributed by atoms with van der Waals surface area (Å²) in [6.45, 7) is 0.